The third kappa shape index (κ3) is 3.47. The standard InChI is InChI=1S/C17H18FN3O2/c1-12-10-19-7-3-16(12)23-13-4-8-21(9-5-13)17(22)14-2-6-20-11-15(14)18/h2-3,6-7,10-11,13H,4-5,8-9H2,1H3. The van der Waals surface area contributed by atoms with Gasteiger partial charge in [0.1, 0.15) is 11.9 Å². The molecule has 0 bridgehead atoms. The third-order valence-corrected chi connectivity index (χ3v) is 3.99. The van der Waals surface area contributed by atoms with E-state index in [0.29, 0.717) is 13.1 Å². The second-order valence-electron chi connectivity index (χ2n) is 5.61. The first kappa shape index (κ1) is 15.4. The number of amides is 1. The van der Waals surface area contributed by atoms with Crippen LogP contribution in [-0.2, 0) is 0 Å². The van der Waals surface area contributed by atoms with E-state index in [1.807, 2.05) is 13.0 Å². The molecule has 3 rings (SSSR count). The highest BCUT2D eigenvalue weighted by Gasteiger charge is 2.26. The molecule has 0 atom stereocenters. The van der Waals surface area contributed by atoms with Crippen LogP contribution in [0.4, 0.5) is 4.39 Å². The SMILES string of the molecule is Cc1cnccc1OC1CCN(C(=O)c2ccncc2F)CC1. The number of rotatable bonds is 3. The maximum Gasteiger partial charge on any atom is 0.256 e. The molecule has 0 aliphatic carbocycles. The summed E-state index contributed by atoms with van der Waals surface area (Å²) in [5, 5.41) is 0. The molecule has 6 heteroatoms. The quantitative estimate of drug-likeness (QED) is 0.873. The number of likely N-dealkylation sites (tertiary alicyclic amines) is 1. The third-order valence-electron chi connectivity index (χ3n) is 3.99. The van der Waals surface area contributed by atoms with Crippen molar-refractivity contribution in [2.45, 2.75) is 25.9 Å². The van der Waals surface area contributed by atoms with Gasteiger partial charge >= 0.3 is 0 Å². The van der Waals surface area contributed by atoms with Crippen molar-refractivity contribution in [2.24, 2.45) is 0 Å². The Labute approximate surface area is 134 Å². The van der Waals surface area contributed by atoms with Crippen molar-refractivity contribution in [1.29, 1.82) is 0 Å². The van der Waals surface area contributed by atoms with Crippen molar-refractivity contribution < 1.29 is 13.9 Å². The molecular formula is C17H18FN3O2. The maximum atomic E-state index is 13.7. The van der Waals surface area contributed by atoms with E-state index in [4.69, 9.17) is 4.74 Å². The number of hydrogen-bond donors (Lipinski definition) is 0. The van der Waals surface area contributed by atoms with Gasteiger partial charge in [-0.25, -0.2) is 4.39 Å². The second kappa shape index (κ2) is 6.73. The van der Waals surface area contributed by atoms with Crippen molar-refractivity contribution in [3.8, 4) is 5.75 Å². The first-order valence-corrected chi connectivity index (χ1v) is 7.61. The van der Waals surface area contributed by atoms with Crippen LogP contribution in [0.25, 0.3) is 0 Å². The molecule has 0 spiro atoms. The molecule has 2 aromatic rings. The Kier molecular flexibility index (Phi) is 4.50. The zero-order chi connectivity index (χ0) is 16.2. The lowest BCUT2D eigenvalue weighted by molar-refractivity contribution is 0.0590. The molecule has 23 heavy (non-hydrogen) atoms. The fraction of sp³-hybridized carbons (Fsp3) is 0.353. The molecular weight excluding hydrogens is 297 g/mol. The molecule has 120 valence electrons. The van der Waals surface area contributed by atoms with Crippen LogP contribution in [0.3, 0.4) is 0 Å². The number of carbonyl (C=O) groups is 1. The van der Waals surface area contributed by atoms with Crippen molar-refractivity contribution in [2.75, 3.05) is 13.1 Å². The summed E-state index contributed by atoms with van der Waals surface area (Å²) < 4.78 is 19.6. The van der Waals surface area contributed by atoms with Crippen LogP contribution in [0.15, 0.2) is 36.9 Å². The van der Waals surface area contributed by atoms with Crippen molar-refractivity contribution in [1.82, 2.24) is 14.9 Å². The number of nitrogens with zero attached hydrogens (tertiary/aromatic N) is 3. The summed E-state index contributed by atoms with van der Waals surface area (Å²) in [4.78, 5) is 21.7. The fourth-order valence-electron chi connectivity index (χ4n) is 2.67. The Morgan fingerprint density at radius 2 is 1.91 bits per heavy atom. The molecule has 0 aromatic carbocycles. The lowest BCUT2D eigenvalue weighted by Crippen LogP contribution is -2.42. The summed E-state index contributed by atoms with van der Waals surface area (Å²) in [5.41, 5.74) is 1.06. The van der Waals surface area contributed by atoms with Gasteiger partial charge in [0, 0.05) is 50.1 Å². The molecule has 5 nitrogen and oxygen atoms in total. The Hall–Kier alpha value is -2.50. The van der Waals surface area contributed by atoms with Gasteiger partial charge in [-0.1, -0.05) is 0 Å². The van der Waals surface area contributed by atoms with Crippen LogP contribution in [0.5, 0.6) is 5.75 Å². The highest BCUT2D eigenvalue weighted by molar-refractivity contribution is 5.94. The number of carbonyl (C=O) groups excluding carboxylic acids is 1. The first-order valence-electron chi connectivity index (χ1n) is 7.61. The van der Waals surface area contributed by atoms with Gasteiger partial charge in [-0.15, -0.1) is 0 Å². The zero-order valence-corrected chi connectivity index (χ0v) is 12.9. The highest BCUT2D eigenvalue weighted by Crippen LogP contribution is 2.22. The van der Waals surface area contributed by atoms with Gasteiger partial charge in [0.15, 0.2) is 5.82 Å². The van der Waals surface area contributed by atoms with Crippen molar-refractivity contribution in [3.63, 3.8) is 0 Å². The summed E-state index contributed by atoms with van der Waals surface area (Å²) in [6.07, 6.45) is 7.46. The molecule has 1 aliphatic heterocycles. The minimum atomic E-state index is -0.580. The average Bonchev–Trinajstić information content (AvgIpc) is 2.57. The first-order chi connectivity index (χ1) is 11.1. The van der Waals surface area contributed by atoms with Crippen LogP contribution in [-0.4, -0.2) is 40.0 Å². The second-order valence-corrected chi connectivity index (χ2v) is 5.61. The van der Waals surface area contributed by atoms with Gasteiger partial charge in [0.2, 0.25) is 0 Å². The maximum absolute atomic E-state index is 13.7. The molecule has 1 aliphatic rings. The predicted octanol–water partition coefficient (Wildman–Crippen LogP) is 2.61. The lowest BCUT2D eigenvalue weighted by atomic mass is 10.1. The molecule has 1 fully saturated rings. The molecule has 0 radical (unpaired) electrons. The van der Waals surface area contributed by atoms with E-state index in [1.54, 1.807) is 17.3 Å². The number of piperidine rings is 1. The minimum absolute atomic E-state index is 0.0578. The van der Waals surface area contributed by atoms with E-state index in [2.05, 4.69) is 9.97 Å². The predicted molar refractivity (Wildman–Crippen MR) is 82.7 cm³/mol. The number of aromatic nitrogens is 2. The van der Waals surface area contributed by atoms with Crippen molar-refractivity contribution in [3.05, 3.63) is 53.9 Å². The lowest BCUT2D eigenvalue weighted by Gasteiger charge is -2.32. The van der Waals surface area contributed by atoms with Crippen LogP contribution in [0.2, 0.25) is 0 Å². The average molecular weight is 315 g/mol. The summed E-state index contributed by atoms with van der Waals surface area (Å²) >= 11 is 0. The van der Waals surface area contributed by atoms with Gasteiger partial charge in [0.05, 0.1) is 11.8 Å². The van der Waals surface area contributed by atoms with Gasteiger partial charge in [0.25, 0.3) is 5.91 Å². The summed E-state index contributed by atoms with van der Waals surface area (Å²) in [6.45, 7) is 3.05. The molecule has 2 aromatic heterocycles. The number of hydrogen-bond acceptors (Lipinski definition) is 4. The largest absolute Gasteiger partial charge is 0.490 e. The van der Waals surface area contributed by atoms with Crippen LogP contribution in [0.1, 0.15) is 28.8 Å². The Morgan fingerprint density at radius 1 is 1.22 bits per heavy atom. The monoisotopic (exact) mass is 315 g/mol. The molecule has 0 saturated carbocycles. The number of pyridine rings is 2. The van der Waals surface area contributed by atoms with E-state index in [1.165, 1.54) is 12.3 Å². The molecule has 1 amide bonds. The zero-order valence-electron chi connectivity index (χ0n) is 12.9. The molecule has 0 unspecified atom stereocenters. The highest BCUT2D eigenvalue weighted by atomic mass is 19.1. The molecule has 1 saturated heterocycles. The van der Waals surface area contributed by atoms with Gasteiger partial charge < -0.3 is 9.64 Å². The summed E-state index contributed by atoms with van der Waals surface area (Å²) in [7, 11) is 0. The van der Waals surface area contributed by atoms with Crippen LogP contribution >= 0.6 is 0 Å². The number of aryl methyl sites for hydroxylation is 1. The van der Waals surface area contributed by atoms with Gasteiger partial charge in [-0.05, 0) is 19.1 Å². The van der Waals surface area contributed by atoms with E-state index >= 15 is 0 Å². The molecule has 0 N–H and O–H groups in total. The van der Waals surface area contributed by atoms with Gasteiger partial charge in [-0.2, -0.15) is 0 Å². The normalized spacial score (nSPS) is 15.5. The summed E-state index contributed by atoms with van der Waals surface area (Å²) in [5.74, 6) is -0.0447. The van der Waals surface area contributed by atoms with E-state index in [0.717, 1.165) is 30.4 Å². The number of ether oxygens (including phenoxy) is 1. The van der Waals surface area contributed by atoms with Crippen LogP contribution < -0.4 is 4.74 Å². The Morgan fingerprint density at radius 3 is 2.61 bits per heavy atom. The number of halogens is 1. The van der Waals surface area contributed by atoms with Crippen molar-refractivity contribution >= 4 is 5.91 Å². The van der Waals surface area contributed by atoms with Crippen LogP contribution in [0, 0.1) is 12.7 Å². The topological polar surface area (TPSA) is 55.3 Å². The van der Waals surface area contributed by atoms with Gasteiger partial charge in [-0.3, -0.25) is 14.8 Å². The Bertz CT molecular complexity index is 700. The smallest absolute Gasteiger partial charge is 0.256 e. The molecule has 3 heterocycles. The summed E-state index contributed by atoms with van der Waals surface area (Å²) in [6, 6.07) is 3.26. The minimum Gasteiger partial charge on any atom is -0.490 e. The fourth-order valence-corrected chi connectivity index (χ4v) is 2.67. The Balaban J connectivity index is 1.59. The van der Waals surface area contributed by atoms with E-state index in [-0.39, 0.29) is 17.6 Å². The van der Waals surface area contributed by atoms with E-state index < -0.39 is 5.82 Å². The van der Waals surface area contributed by atoms with E-state index in [9.17, 15) is 9.18 Å².